The number of benzene rings is 1. The number of aromatic nitrogens is 2. The van der Waals surface area contributed by atoms with Crippen LogP contribution in [0.1, 0.15) is 44.5 Å². The third-order valence-corrected chi connectivity index (χ3v) is 4.37. The van der Waals surface area contributed by atoms with Crippen molar-refractivity contribution in [1.82, 2.24) is 9.97 Å². The molecule has 1 fully saturated rings. The number of hydrogen-bond acceptors (Lipinski definition) is 3. The van der Waals surface area contributed by atoms with Crippen LogP contribution in [-0.4, -0.2) is 15.9 Å². The molecule has 0 unspecified atom stereocenters. The largest absolute Gasteiger partial charge is 0.323 e. The fourth-order valence-electron chi connectivity index (χ4n) is 2.62. The van der Waals surface area contributed by atoms with E-state index in [1.807, 2.05) is 24.3 Å². The molecule has 0 saturated heterocycles. The molecule has 1 N–H and O–H groups in total. The van der Waals surface area contributed by atoms with Crippen LogP contribution in [0.3, 0.4) is 0 Å². The Hall–Kier alpha value is -1.94. The molecule has 1 aromatic carbocycles. The molecule has 1 heterocycles. The number of nitrogens with one attached hydrogen (secondary N) is 1. The maximum Gasteiger partial charge on any atom is 0.228 e. The van der Waals surface area contributed by atoms with Gasteiger partial charge in [0.2, 0.25) is 5.91 Å². The summed E-state index contributed by atoms with van der Waals surface area (Å²) in [5.41, 5.74) is 1.58. The quantitative estimate of drug-likeness (QED) is 0.919. The van der Waals surface area contributed by atoms with Crippen molar-refractivity contribution >= 4 is 23.2 Å². The molecule has 2 aromatic rings. The fraction of sp³-hybridized carbons (Fsp3) is 0.389. The van der Waals surface area contributed by atoms with Gasteiger partial charge in [0.1, 0.15) is 5.82 Å². The molecule has 0 aliphatic heterocycles. The molecule has 1 saturated carbocycles. The van der Waals surface area contributed by atoms with Crippen molar-refractivity contribution in [3.05, 3.63) is 53.1 Å². The second-order valence-electron chi connectivity index (χ2n) is 7.00. The molecule has 2 atom stereocenters. The molecule has 0 spiro atoms. The Labute approximate surface area is 141 Å². The summed E-state index contributed by atoms with van der Waals surface area (Å²) in [6.45, 7) is 6.16. The Bertz CT molecular complexity index is 722. The van der Waals surface area contributed by atoms with Crippen LogP contribution >= 0.6 is 11.6 Å². The summed E-state index contributed by atoms with van der Waals surface area (Å²) in [6, 6.07) is 7.70. The zero-order valence-corrected chi connectivity index (χ0v) is 14.3. The lowest BCUT2D eigenvalue weighted by Crippen LogP contribution is -2.18. The Morgan fingerprint density at radius 1 is 1.22 bits per heavy atom. The van der Waals surface area contributed by atoms with Crippen LogP contribution in [0.25, 0.3) is 0 Å². The molecule has 3 rings (SSSR count). The molecule has 1 amide bonds. The average Bonchev–Trinajstić information content (AvgIpc) is 3.28. The lowest BCUT2D eigenvalue weighted by atomic mass is 9.96. The van der Waals surface area contributed by atoms with Crippen LogP contribution in [0, 0.1) is 5.92 Å². The summed E-state index contributed by atoms with van der Waals surface area (Å²) in [4.78, 5) is 21.0. The number of nitrogens with zero attached hydrogens (tertiary/aromatic N) is 2. The maximum atomic E-state index is 12.3. The fourth-order valence-corrected chi connectivity index (χ4v) is 2.90. The number of amides is 1. The second-order valence-corrected chi connectivity index (χ2v) is 7.41. The molecule has 5 heteroatoms. The van der Waals surface area contributed by atoms with Gasteiger partial charge in [-0.2, -0.15) is 0 Å². The second kappa shape index (κ2) is 5.93. The molecule has 1 aliphatic carbocycles. The van der Waals surface area contributed by atoms with Crippen LogP contribution in [0.2, 0.25) is 5.02 Å². The first-order valence-corrected chi connectivity index (χ1v) is 8.12. The van der Waals surface area contributed by atoms with E-state index < -0.39 is 0 Å². The highest BCUT2D eigenvalue weighted by Crippen LogP contribution is 2.49. The number of carbonyl (C=O) groups is 1. The van der Waals surface area contributed by atoms with Crippen molar-refractivity contribution in [3.8, 4) is 0 Å². The molecule has 0 bridgehead atoms. The van der Waals surface area contributed by atoms with Crippen LogP contribution < -0.4 is 5.32 Å². The van der Waals surface area contributed by atoms with Gasteiger partial charge in [-0.1, -0.05) is 50.6 Å². The average molecular weight is 330 g/mol. The molecular weight excluding hydrogens is 310 g/mol. The minimum Gasteiger partial charge on any atom is -0.323 e. The molecular formula is C18H20ClN3O. The standard InChI is InChI=1S/C18H20ClN3O/c1-18(2,3)17-20-9-11(10-21-17)22-16(23)14-8-13(14)12-6-4-5-7-15(12)19/h4-7,9-10,13-14H,8H2,1-3H3,(H,22,23)/t13-,14+/m1/s1. The van der Waals surface area contributed by atoms with E-state index in [0.29, 0.717) is 5.69 Å². The Kier molecular flexibility index (Phi) is 4.11. The van der Waals surface area contributed by atoms with E-state index in [1.165, 1.54) is 0 Å². The lowest BCUT2D eigenvalue weighted by Gasteiger charge is -2.16. The topological polar surface area (TPSA) is 54.9 Å². The highest BCUT2D eigenvalue weighted by Gasteiger charge is 2.44. The van der Waals surface area contributed by atoms with E-state index in [-0.39, 0.29) is 23.2 Å². The van der Waals surface area contributed by atoms with Crippen molar-refractivity contribution in [1.29, 1.82) is 0 Å². The van der Waals surface area contributed by atoms with Gasteiger partial charge < -0.3 is 5.32 Å². The van der Waals surface area contributed by atoms with Gasteiger partial charge in [-0.05, 0) is 24.0 Å². The molecule has 1 aliphatic rings. The summed E-state index contributed by atoms with van der Waals surface area (Å²) >= 11 is 6.20. The monoisotopic (exact) mass is 329 g/mol. The molecule has 4 nitrogen and oxygen atoms in total. The third kappa shape index (κ3) is 3.53. The predicted octanol–water partition coefficient (Wildman–Crippen LogP) is 4.17. The summed E-state index contributed by atoms with van der Waals surface area (Å²) in [6.07, 6.45) is 4.16. The molecule has 1 aromatic heterocycles. The SMILES string of the molecule is CC(C)(C)c1ncc(NC(=O)[C@H]2C[C@@H]2c2ccccc2Cl)cn1. The summed E-state index contributed by atoms with van der Waals surface area (Å²) in [5, 5.41) is 3.62. The van der Waals surface area contributed by atoms with Crippen LogP contribution in [0.15, 0.2) is 36.7 Å². The third-order valence-electron chi connectivity index (χ3n) is 4.02. The minimum atomic E-state index is -0.103. The van der Waals surface area contributed by atoms with E-state index in [2.05, 4.69) is 36.1 Å². The number of anilines is 1. The van der Waals surface area contributed by atoms with E-state index in [1.54, 1.807) is 12.4 Å². The zero-order valence-electron chi connectivity index (χ0n) is 13.5. The Morgan fingerprint density at radius 3 is 2.48 bits per heavy atom. The highest BCUT2D eigenvalue weighted by atomic mass is 35.5. The first kappa shape index (κ1) is 15.9. The van der Waals surface area contributed by atoms with Crippen molar-refractivity contribution in [2.24, 2.45) is 5.92 Å². The van der Waals surface area contributed by atoms with Gasteiger partial charge in [0.05, 0.1) is 18.1 Å². The molecule has 23 heavy (non-hydrogen) atoms. The van der Waals surface area contributed by atoms with E-state index >= 15 is 0 Å². The van der Waals surface area contributed by atoms with Crippen molar-refractivity contribution < 1.29 is 4.79 Å². The van der Waals surface area contributed by atoms with Crippen molar-refractivity contribution in [2.75, 3.05) is 5.32 Å². The summed E-state index contributed by atoms with van der Waals surface area (Å²) < 4.78 is 0. The van der Waals surface area contributed by atoms with Crippen LogP contribution in [0.5, 0.6) is 0 Å². The Balaban J connectivity index is 1.64. The van der Waals surface area contributed by atoms with Crippen LogP contribution in [0.4, 0.5) is 5.69 Å². The summed E-state index contributed by atoms with van der Waals surface area (Å²) in [7, 11) is 0. The smallest absolute Gasteiger partial charge is 0.228 e. The van der Waals surface area contributed by atoms with Crippen molar-refractivity contribution in [2.45, 2.75) is 38.5 Å². The van der Waals surface area contributed by atoms with E-state index in [4.69, 9.17) is 11.6 Å². The van der Waals surface area contributed by atoms with E-state index in [9.17, 15) is 4.79 Å². The maximum absolute atomic E-state index is 12.3. The number of halogens is 1. The first-order chi connectivity index (χ1) is 10.9. The van der Waals surface area contributed by atoms with Gasteiger partial charge >= 0.3 is 0 Å². The number of rotatable bonds is 3. The summed E-state index contributed by atoms with van der Waals surface area (Å²) in [5.74, 6) is 0.938. The van der Waals surface area contributed by atoms with Gasteiger partial charge in [0, 0.05) is 16.4 Å². The van der Waals surface area contributed by atoms with Gasteiger partial charge in [0.25, 0.3) is 0 Å². The van der Waals surface area contributed by atoms with Gasteiger partial charge in [-0.3, -0.25) is 4.79 Å². The first-order valence-electron chi connectivity index (χ1n) is 7.74. The highest BCUT2D eigenvalue weighted by molar-refractivity contribution is 6.31. The normalized spacial score (nSPS) is 20.2. The van der Waals surface area contributed by atoms with Gasteiger partial charge in [0.15, 0.2) is 0 Å². The Morgan fingerprint density at radius 2 is 1.87 bits per heavy atom. The lowest BCUT2D eigenvalue weighted by molar-refractivity contribution is -0.117. The van der Waals surface area contributed by atoms with Crippen molar-refractivity contribution in [3.63, 3.8) is 0 Å². The predicted molar refractivity (Wildman–Crippen MR) is 91.7 cm³/mol. The van der Waals surface area contributed by atoms with Gasteiger partial charge in [-0.15, -0.1) is 0 Å². The minimum absolute atomic E-state index is 0.00188. The zero-order chi connectivity index (χ0) is 16.6. The number of hydrogen-bond donors (Lipinski definition) is 1. The van der Waals surface area contributed by atoms with E-state index in [0.717, 1.165) is 22.8 Å². The van der Waals surface area contributed by atoms with Gasteiger partial charge in [-0.25, -0.2) is 9.97 Å². The number of carbonyl (C=O) groups excluding carboxylic acids is 1. The molecule has 120 valence electrons. The van der Waals surface area contributed by atoms with Crippen LogP contribution in [-0.2, 0) is 10.2 Å². The molecule has 0 radical (unpaired) electrons.